The summed E-state index contributed by atoms with van der Waals surface area (Å²) in [6.07, 6.45) is 4.04. The van der Waals surface area contributed by atoms with Crippen LogP contribution in [0.25, 0.3) is 10.9 Å². The second-order valence-electron chi connectivity index (χ2n) is 6.00. The number of carbonyl (C=O) groups is 1. The zero-order valence-electron chi connectivity index (χ0n) is 12.8. The van der Waals surface area contributed by atoms with E-state index in [-0.39, 0.29) is 5.91 Å². The molecule has 4 heteroatoms. The summed E-state index contributed by atoms with van der Waals surface area (Å²) in [6.45, 7) is 0.733. The Bertz CT molecular complexity index is 645. The molecule has 1 unspecified atom stereocenters. The lowest BCUT2D eigenvalue weighted by atomic mass is 9.91. The molecule has 0 bridgehead atoms. The highest BCUT2D eigenvalue weighted by atomic mass is 16.2. The van der Waals surface area contributed by atoms with Gasteiger partial charge in [-0.15, -0.1) is 0 Å². The third-order valence-electron chi connectivity index (χ3n) is 4.34. The largest absolute Gasteiger partial charge is 0.357 e. The summed E-state index contributed by atoms with van der Waals surface area (Å²) in [5, 5.41) is 4.90. The lowest BCUT2D eigenvalue weighted by molar-refractivity contribution is -0.128. The number of benzene rings is 1. The molecule has 1 aliphatic rings. The van der Waals surface area contributed by atoms with Gasteiger partial charge >= 0.3 is 0 Å². The predicted molar refractivity (Wildman–Crippen MR) is 85.3 cm³/mol. The first-order chi connectivity index (χ1) is 10.2. The topological polar surface area (TPSA) is 48.1 Å². The maximum atomic E-state index is 11.6. The average molecular weight is 285 g/mol. The van der Waals surface area contributed by atoms with Crippen molar-refractivity contribution in [2.75, 3.05) is 20.6 Å². The van der Waals surface area contributed by atoms with Gasteiger partial charge in [-0.1, -0.05) is 18.2 Å². The number of aryl methyl sites for hydroxylation is 1. The molecule has 0 saturated heterocycles. The zero-order chi connectivity index (χ0) is 14.8. The van der Waals surface area contributed by atoms with E-state index in [1.165, 1.54) is 28.6 Å². The molecule has 2 N–H and O–H groups in total. The molecule has 1 aromatic heterocycles. The highest BCUT2D eigenvalue weighted by Gasteiger charge is 2.23. The first-order valence-electron chi connectivity index (χ1n) is 7.70. The molecule has 21 heavy (non-hydrogen) atoms. The maximum absolute atomic E-state index is 11.6. The summed E-state index contributed by atoms with van der Waals surface area (Å²) in [4.78, 5) is 16.9. The number of nitrogens with zero attached hydrogens (tertiary/aromatic N) is 1. The van der Waals surface area contributed by atoms with E-state index >= 15 is 0 Å². The molecule has 3 rings (SSSR count). The molecule has 0 aliphatic heterocycles. The van der Waals surface area contributed by atoms with Crippen LogP contribution in [-0.4, -0.2) is 36.4 Å². The van der Waals surface area contributed by atoms with Gasteiger partial charge in [-0.3, -0.25) is 4.79 Å². The van der Waals surface area contributed by atoms with Gasteiger partial charge in [0.15, 0.2) is 0 Å². The van der Waals surface area contributed by atoms with Crippen molar-refractivity contribution in [2.45, 2.75) is 31.7 Å². The second kappa shape index (κ2) is 5.90. The minimum atomic E-state index is 0.176. The Labute approximate surface area is 125 Å². The molecular formula is C17H23N3O. The molecule has 1 atom stereocenters. The van der Waals surface area contributed by atoms with Gasteiger partial charge in [0.25, 0.3) is 0 Å². The van der Waals surface area contributed by atoms with Crippen LogP contribution in [0.3, 0.4) is 0 Å². The van der Waals surface area contributed by atoms with Gasteiger partial charge in [-0.25, -0.2) is 0 Å². The summed E-state index contributed by atoms with van der Waals surface area (Å²) < 4.78 is 0. The molecule has 0 spiro atoms. The van der Waals surface area contributed by atoms with Crippen LogP contribution in [0, 0.1) is 0 Å². The first kappa shape index (κ1) is 14.1. The van der Waals surface area contributed by atoms with Crippen molar-refractivity contribution in [3.8, 4) is 0 Å². The van der Waals surface area contributed by atoms with E-state index in [4.69, 9.17) is 0 Å². The predicted octanol–water partition coefficient (Wildman–Crippen LogP) is 2.61. The Balaban J connectivity index is 1.73. The van der Waals surface area contributed by atoms with Crippen LogP contribution in [0.5, 0.6) is 0 Å². The molecule has 1 heterocycles. The minimum Gasteiger partial charge on any atom is -0.357 e. The molecule has 1 aliphatic carbocycles. The third-order valence-corrected chi connectivity index (χ3v) is 4.34. The van der Waals surface area contributed by atoms with E-state index < -0.39 is 0 Å². The van der Waals surface area contributed by atoms with Gasteiger partial charge in [-0.2, -0.15) is 0 Å². The van der Waals surface area contributed by atoms with Crippen LogP contribution < -0.4 is 5.32 Å². The van der Waals surface area contributed by atoms with E-state index in [0.29, 0.717) is 12.5 Å². The van der Waals surface area contributed by atoms with Gasteiger partial charge in [0, 0.05) is 49.7 Å². The summed E-state index contributed by atoms with van der Waals surface area (Å²) in [6, 6.07) is 8.85. The second-order valence-corrected chi connectivity index (χ2v) is 6.00. The lowest BCUT2D eigenvalue weighted by Gasteiger charge is -2.24. The molecule has 0 saturated carbocycles. The minimum absolute atomic E-state index is 0.176. The van der Waals surface area contributed by atoms with Crippen LogP contribution >= 0.6 is 0 Å². The summed E-state index contributed by atoms with van der Waals surface area (Å²) in [5.74, 6) is 0.176. The smallest absolute Gasteiger partial charge is 0.223 e. The fraction of sp³-hybridized carbons (Fsp3) is 0.471. The van der Waals surface area contributed by atoms with Crippen molar-refractivity contribution in [3.05, 3.63) is 35.5 Å². The van der Waals surface area contributed by atoms with E-state index in [1.807, 2.05) is 0 Å². The Morgan fingerprint density at radius 2 is 2.19 bits per heavy atom. The fourth-order valence-corrected chi connectivity index (χ4v) is 3.20. The van der Waals surface area contributed by atoms with Gasteiger partial charge in [0.2, 0.25) is 5.91 Å². The number of nitrogens with one attached hydrogen (secondary N) is 2. The first-order valence-corrected chi connectivity index (χ1v) is 7.70. The van der Waals surface area contributed by atoms with Crippen molar-refractivity contribution in [1.29, 1.82) is 0 Å². The molecule has 1 amide bonds. The van der Waals surface area contributed by atoms with Gasteiger partial charge in [0.1, 0.15) is 0 Å². The number of hydrogen-bond acceptors (Lipinski definition) is 2. The van der Waals surface area contributed by atoms with Crippen LogP contribution in [0.4, 0.5) is 0 Å². The monoisotopic (exact) mass is 285 g/mol. The van der Waals surface area contributed by atoms with Gasteiger partial charge in [0.05, 0.1) is 0 Å². The number of fused-ring (bicyclic) bond motifs is 3. The average Bonchev–Trinajstić information content (AvgIpc) is 2.86. The third kappa shape index (κ3) is 2.81. The summed E-state index contributed by atoms with van der Waals surface area (Å²) >= 11 is 0. The number of amides is 1. The van der Waals surface area contributed by atoms with Gasteiger partial charge in [-0.05, 0) is 30.9 Å². The van der Waals surface area contributed by atoms with Crippen molar-refractivity contribution < 1.29 is 4.79 Å². The summed E-state index contributed by atoms with van der Waals surface area (Å²) in [5.41, 5.74) is 3.99. The van der Waals surface area contributed by atoms with Crippen molar-refractivity contribution in [1.82, 2.24) is 15.2 Å². The molecule has 0 radical (unpaired) electrons. The number of para-hydroxylation sites is 1. The van der Waals surface area contributed by atoms with Crippen LogP contribution in [-0.2, 0) is 11.2 Å². The van der Waals surface area contributed by atoms with Gasteiger partial charge < -0.3 is 15.2 Å². The fourth-order valence-electron chi connectivity index (χ4n) is 3.20. The van der Waals surface area contributed by atoms with E-state index in [0.717, 1.165) is 19.4 Å². The Hall–Kier alpha value is -1.81. The normalized spacial score (nSPS) is 17.7. The number of H-pyrrole nitrogens is 1. The standard InChI is InChI=1S/C17H23N3O/c1-20(2)16(21)10-11-18-15-9-5-7-13-12-6-3-4-8-14(12)19-17(13)15/h3-4,6,8,15,18-19H,5,7,9-11H2,1-2H3. The van der Waals surface area contributed by atoms with Crippen molar-refractivity contribution >= 4 is 16.8 Å². The van der Waals surface area contributed by atoms with E-state index in [1.54, 1.807) is 19.0 Å². The highest BCUT2D eigenvalue weighted by molar-refractivity contribution is 5.85. The highest BCUT2D eigenvalue weighted by Crippen LogP contribution is 2.34. The van der Waals surface area contributed by atoms with Crippen LogP contribution in [0.2, 0.25) is 0 Å². The van der Waals surface area contributed by atoms with E-state index in [9.17, 15) is 4.79 Å². The lowest BCUT2D eigenvalue weighted by Crippen LogP contribution is -2.30. The van der Waals surface area contributed by atoms with Crippen LogP contribution in [0.1, 0.15) is 36.6 Å². The van der Waals surface area contributed by atoms with Crippen molar-refractivity contribution in [3.63, 3.8) is 0 Å². The Morgan fingerprint density at radius 1 is 1.38 bits per heavy atom. The molecule has 112 valence electrons. The SMILES string of the molecule is CN(C)C(=O)CCNC1CCCc2c1[nH]c1ccccc21. The maximum Gasteiger partial charge on any atom is 0.223 e. The number of rotatable bonds is 4. The van der Waals surface area contributed by atoms with Crippen LogP contribution in [0.15, 0.2) is 24.3 Å². The number of aromatic amines is 1. The zero-order valence-corrected chi connectivity index (χ0v) is 12.8. The number of aromatic nitrogens is 1. The molecule has 2 aromatic rings. The van der Waals surface area contributed by atoms with E-state index in [2.05, 4.69) is 34.6 Å². The Morgan fingerprint density at radius 3 is 3.00 bits per heavy atom. The molecular weight excluding hydrogens is 262 g/mol. The number of hydrogen-bond donors (Lipinski definition) is 2. The molecule has 4 nitrogen and oxygen atoms in total. The quantitative estimate of drug-likeness (QED) is 0.907. The summed E-state index contributed by atoms with van der Waals surface area (Å²) in [7, 11) is 3.61. The molecule has 1 aromatic carbocycles. The van der Waals surface area contributed by atoms with Crippen molar-refractivity contribution in [2.24, 2.45) is 0 Å². The molecule has 0 fully saturated rings. The Kier molecular flexibility index (Phi) is 3.97. The number of carbonyl (C=O) groups excluding carboxylic acids is 1.